The molecule has 1 saturated heterocycles. The normalized spacial score (nSPS) is 16.8. The van der Waals surface area contributed by atoms with E-state index in [0.29, 0.717) is 34.5 Å². The van der Waals surface area contributed by atoms with E-state index in [9.17, 15) is 9.59 Å². The van der Waals surface area contributed by atoms with Gasteiger partial charge >= 0.3 is 0 Å². The van der Waals surface area contributed by atoms with Crippen molar-refractivity contribution in [3.63, 3.8) is 0 Å². The number of rotatable bonds is 4. The maximum atomic E-state index is 12.2. The zero-order chi connectivity index (χ0) is 20.6. The lowest BCUT2D eigenvalue weighted by atomic mass is 9.89. The van der Waals surface area contributed by atoms with E-state index in [-0.39, 0.29) is 17.5 Å². The highest BCUT2D eigenvalue weighted by Crippen LogP contribution is 2.39. The van der Waals surface area contributed by atoms with Gasteiger partial charge in [0.15, 0.2) is 0 Å². The third kappa shape index (κ3) is 3.50. The molecule has 8 heteroatoms. The molecule has 0 aliphatic carbocycles. The average molecular weight is 421 g/mol. The molecule has 0 spiro atoms. The summed E-state index contributed by atoms with van der Waals surface area (Å²) in [6, 6.07) is 5.08. The average Bonchev–Trinajstić information content (AvgIpc) is 2.94. The molecule has 3 rings (SSSR count). The Morgan fingerprint density at radius 3 is 2.61 bits per heavy atom. The van der Waals surface area contributed by atoms with Crippen LogP contribution in [0.2, 0.25) is 10.0 Å². The number of benzene rings is 1. The molecule has 2 amide bonds. The predicted octanol–water partition coefficient (Wildman–Crippen LogP) is 3.67. The van der Waals surface area contributed by atoms with Gasteiger partial charge < -0.3 is 20.9 Å². The van der Waals surface area contributed by atoms with Gasteiger partial charge in [0.25, 0.3) is 5.91 Å². The zero-order valence-corrected chi connectivity index (χ0v) is 17.1. The molecule has 0 saturated carbocycles. The molecule has 1 aliphatic rings. The highest BCUT2D eigenvalue weighted by molar-refractivity contribution is 6.42. The SMILES string of the molecule is C=CC(=O)N1CCCC(c2c(N)c(C(N)=O)n(-c3ccc(Cl)c(Cl)c3)c2C)C1. The number of hydrogen-bond acceptors (Lipinski definition) is 3. The highest BCUT2D eigenvalue weighted by atomic mass is 35.5. The van der Waals surface area contributed by atoms with Crippen LogP contribution >= 0.6 is 23.2 Å². The monoisotopic (exact) mass is 420 g/mol. The number of anilines is 1. The number of halogens is 2. The van der Waals surface area contributed by atoms with Crippen LogP contribution in [0, 0.1) is 6.92 Å². The summed E-state index contributed by atoms with van der Waals surface area (Å²) in [4.78, 5) is 26.0. The summed E-state index contributed by atoms with van der Waals surface area (Å²) in [6.07, 6.45) is 3.01. The number of likely N-dealkylation sites (tertiary alicyclic amines) is 1. The summed E-state index contributed by atoms with van der Waals surface area (Å²) in [5.74, 6) is -0.743. The van der Waals surface area contributed by atoms with Gasteiger partial charge in [-0.1, -0.05) is 29.8 Å². The first-order valence-corrected chi connectivity index (χ1v) is 9.69. The van der Waals surface area contributed by atoms with Crippen LogP contribution in [-0.4, -0.2) is 34.4 Å². The molecule has 2 heterocycles. The Bertz CT molecular complexity index is 968. The molecule has 0 bridgehead atoms. The number of primary amides is 1. The van der Waals surface area contributed by atoms with Crippen LogP contribution in [0.15, 0.2) is 30.9 Å². The standard InChI is InChI=1S/C20H22Cl2N4O2/c1-3-16(27)25-8-4-5-12(10-25)17-11(2)26(19(18(17)23)20(24)28)13-6-7-14(21)15(22)9-13/h3,6-7,9,12H,1,4-5,8,10,23H2,2H3,(H2,24,28). The maximum absolute atomic E-state index is 12.2. The van der Waals surface area contributed by atoms with E-state index in [4.69, 9.17) is 34.7 Å². The quantitative estimate of drug-likeness (QED) is 0.738. The third-order valence-electron chi connectivity index (χ3n) is 5.20. The summed E-state index contributed by atoms with van der Waals surface area (Å²) in [5, 5.41) is 0.776. The number of nitrogen functional groups attached to an aromatic ring is 1. The zero-order valence-electron chi connectivity index (χ0n) is 15.5. The molecule has 148 valence electrons. The van der Waals surface area contributed by atoms with Crippen molar-refractivity contribution in [2.24, 2.45) is 5.73 Å². The lowest BCUT2D eigenvalue weighted by molar-refractivity contribution is -0.127. The Morgan fingerprint density at radius 2 is 2.00 bits per heavy atom. The number of amides is 2. The van der Waals surface area contributed by atoms with Crippen LogP contribution in [0.5, 0.6) is 0 Å². The second-order valence-electron chi connectivity index (χ2n) is 6.89. The molecule has 2 aromatic rings. The van der Waals surface area contributed by atoms with Crippen LogP contribution in [-0.2, 0) is 4.79 Å². The smallest absolute Gasteiger partial charge is 0.267 e. The van der Waals surface area contributed by atoms with Crippen LogP contribution in [0.4, 0.5) is 5.69 Å². The van der Waals surface area contributed by atoms with Gasteiger partial charge in [-0.3, -0.25) is 9.59 Å². The molecule has 4 N–H and O–H groups in total. The first-order valence-electron chi connectivity index (χ1n) is 8.93. The molecule has 1 atom stereocenters. The molecule has 1 aliphatic heterocycles. The summed E-state index contributed by atoms with van der Waals surface area (Å²) in [5.41, 5.74) is 14.9. The van der Waals surface area contributed by atoms with E-state index in [2.05, 4.69) is 6.58 Å². The van der Waals surface area contributed by atoms with Crippen molar-refractivity contribution < 1.29 is 9.59 Å². The van der Waals surface area contributed by atoms with Crippen molar-refractivity contribution in [3.8, 4) is 5.69 Å². The van der Waals surface area contributed by atoms with E-state index >= 15 is 0 Å². The topological polar surface area (TPSA) is 94.3 Å². The molecule has 1 aromatic carbocycles. The van der Waals surface area contributed by atoms with E-state index in [1.807, 2.05) is 6.92 Å². The van der Waals surface area contributed by atoms with Gasteiger partial charge in [0, 0.05) is 36.0 Å². The van der Waals surface area contributed by atoms with Crippen molar-refractivity contribution >= 4 is 40.7 Å². The Morgan fingerprint density at radius 1 is 1.29 bits per heavy atom. The maximum Gasteiger partial charge on any atom is 0.267 e. The highest BCUT2D eigenvalue weighted by Gasteiger charge is 2.31. The molecule has 1 fully saturated rings. The van der Waals surface area contributed by atoms with Gasteiger partial charge in [0.1, 0.15) is 5.69 Å². The van der Waals surface area contributed by atoms with Crippen molar-refractivity contribution in [2.45, 2.75) is 25.7 Å². The second-order valence-corrected chi connectivity index (χ2v) is 7.70. The number of nitrogens with zero attached hydrogens (tertiary/aromatic N) is 2. The molecule has 1 aromatic heterocycles. The molecular formula is C20H22Cl2N4O2. The summed E-state index contributed by atoms with van der Waals surface area (Å²) in [7, 11) is 0. The van der Waals surface area contributed by atoms with Crippen molar-refractivity contribution in [1.29, 1.82) is 0 Å². The molecule has 1 unspecified atom stereocenters. The van der Waals surface area contributed by atoms with Gasteiger partial charge in [-0.25, -0.2) is 0 Å². The molecule has 6 nitrogen and oxygen atoms in total. The van der Waals surface area contributed by atoms with Gasteiger partial charge in [-0.05, 0) is 44.0 Å². The van der Waals surface area contributed by atoms with Gasteiger partial charge in [0.2, 0.25) is 5.91 Å². The first-order chi connectivity index (χ1) is 13.3. The number of carbonyl (C=O) groups excluding carboxylic acids is 2. The fraction of sp³-hybridized carbons (Fsp3) is 0.300. The summed E-state index contributed by atoms with van der Waals surface area (Å²) < 4.78 is 1.71. The van der Waals surface area contributed by atoms with E-state index in [1.54, 1.807) is 27.7 Å². The molecule has 28 heavy (non-hydrogen) atoms. The number of hydrogen-bond donors (Lipinski definition) is 2. The fourth-order valence-corrected chi connectivity index (χ4v) is 4.27. The lowest BCUT2D eigenvalue weighted by Gasteiger charge is -2.32. The van der Waals surface area contributed by atoms with Crippen molar-refractivity contribution in [2.75, 3.05) is 18.8 Å². The Kier molecular flexibility index (Phi) is 5.72. The lowest BCUT2D eigenvalue weighted by Crippen LogP contribution is -2.38. The molecule has 0 radical (unpaired) electrons. The third-order valence-corrected chi connectivity index (χ3v) is 5.94. The number of piperidine rings is 1. The van der Waals surface area contributed by atoms with E-state index in [0.717, 1.165) is 24.1 Å². The minimum Gasteiger partial charge on any atom is -0.397 e. The number of aromatic nitrogens is 1. The van der Waals surface area contributed by atoms with E-state index < -0.39 is 5.91 Å². The van der Waals surface area contributed by atoms with Crippen LogP contribution in [0.25, 0.3) is 5.69 Å². The van der Waals surface area contributed by atoms with Crippen LogP contribution < -0.4 is 11.5 Å². The van der Waals surface area contributed by atoms with Crippen LogP contribution in [0.1, 0.15) is 40.5 Å². The van der Waals surface area contributed by atoms with E-state index in [1.165, 1.54) is 6.08 Å². The van der Waals surface area contributed by atoms with Gasteiger partial charge in [-0.2, -0.15) is 0 Å². The summed E-state index contributed by atoms with van der Waals surface area (Å²) >= 11 is 12.2. The Balaban J connectivity index is 2.13. The van der Waals surface area contributed by atoms with Crippen molar-refractivity contribution in [1.82, 2.24) is 9.47 Å². The predicted molar refractivity (Wildman–Crippen MR) is 112 cm³/mol. The van der Waals surface area contributed by atoms with Gasteiger partial charge in [-0.15, -0.1) is 0 Å². The number of carbonyl (C=O) groups is 2. The first kappa shape index (κ1) is 20.3. The van der Waals surface area contributed by atoms with Gasteiger partial charge in [0.05, 0.1) is 15.7 Å². The fourth-order valence-electron chi connectivity index (χ4n) is 3.98. The second kappa shape index (κ2) is 7.89. The van der Waals surface area contributed by atoms with Crippen molar-refractivity contribution in [3.05, 3.63) is 57.9 Å². The molecular weight excluding hydrogens is 399 g/mol. The minimum atomic E-state index is -0.632. The Labute approximate surface area is 173 Å². The number of nitrogens with two attached hydrogens (primary N) is 2. The summed E-state index contributed by atoms with van der Waals surface area (Å²) in [6.45, 7) is 6.63. The minimum absolute atomic E-state index is 0.000211. The largest absolute Gasteiger partial charge is 0.397 e. The van der Waals surface area contributed by atoms with Crippen LogP contribution in [0.3, 0.4) is 0 Å². The Hall–Kier alpha value is -2.44.